The highest BCUT2D eigenvalue weighted by molar-refractivity contribution is 4.74. The molecule has 0 rings (SSSR count). The second-order valence-electron chi connectivity index (χ2n) is 5.44. The summed E-state index contributed by atoms with van der Waals surface area (Å²) in [5, 5.41) is 0. The number of hydrogen-bond acceptors (Lipinski definition) is 2. The molecule has 0 bridgehead atoms. The Bertz CT molecular complexity index is 140. The molecule has 16 heavy (non-hydrogen) atoms. The molecule has 0 aliphatic carbocycles. The zero-order valence-electron chi connectivity index (χ0n) is 11.8. The van der Waals surface area contributed by atoms with Gasteiger partial charge in [0.25, 0.3) is 0 Å². The first-order valence-corrected chi connectivity index (χ1v) is 7.11. The molecule has 1 unspecified atom stereocenters. The van der Waals surface area contributed by atoms with Crippen LogP contribution in [-0.4, -0.2) is 6.04 Å². The lowest BCUT2D eigenvalue weighted by molar-refractivity contribution is 0.289. The molecule has 0 aromatic carbocycles. The van der Waals surface area contributed by atoms with Crippen molar-refractivity contribution in [1.29, 1.82) is 0 Å². The van der Waals surface area contributed by atoms with Crippen molar-refractivity contribution in [3.8, 4) is 0 Å². The van der Waals surface area contributed by atoms with Crippen molar-refractivity contribution in [2.24, 2.45) is 17.7 Å². The van der Waals surface area contributed by atoms with Crippen LogP contribution in [0.4, 0.5) is 0 Å². The standard InChI is InChI=1S/C14H32N2/c1-5-8-13(9-6-2)14(16-15)11-7-10-12(3)4/h12-14,16H,5-11,15H2,1-4H3. The topological polar surface area (TPSA) is 38.0 Å². The Hall–Kier alpha value is -0.0800. The van der Waals surface area contributed by atoms with E-state index < -0.39 is 0 Å². The van der Waals surface area contributed by atoms with Gasteiger partial charge in [0.1, 0.15) is 0 Å². The summed E-state index contributed by atoms with van der Waals surface area (Å²) >= 11 is 0. The summed E-state index contributed by atoms with van der Waals surface area (Å²) in [6, 6.07) is 0.527. The van der Waals surface area contributed by atoms with Crippen molar-refractivity contribution in [3.05, 3.63) is 0 Å². The van der Waals surface area contributed by atoms with Crippen molar-refractivity contribution in [2.45, 2.75) is 78.7 Å². The van der Waals surface area contributed by atoms with Crippen LogP contribution < -0.4 is 11.3 Å². The minimum absolute atomic E-state index is 0.527. The van der Waals surface area contributed by atoms with Crippen molar-refractivity contribution >= 4 is 0 Å². The molecule has 0 aromatic rings. The summed E-state index contributed by atoms with van der Waals surface area (Å²) in [5.41, 5.74) is 3.05. The molecule has 0 radical (unpaired) electrons. The van der Waals surface area contributed by atoms with Gasteiger partial charge in [-0.1, -0.05) is 53.4 Å². The van der Waals surface area contributed by atoms with Crippen LogP contribution in [0.5, 0.6) is 0 Å². The van der Waals surface area contributed by atoms with Crippen LogP contribution in [0, 0.1) is 11.8 Å². The van der Waals surface area contributed by atoms with Crippen molar-refractivity contribution in [3.63, 3.8) is 0 Å². The highest BCUT2D eigenvalue weighted by atomic mass is 15.2. The molecule has 2 nitrogen and oxygen atoms in total. The largest absolute Gasteiger partial charge is 0.271 e. The zero-order chi connectivity index (χ0) is 12.4. The molecule has 0 aliphatic heterocycles. The van der Waals surface area contributed by atoms with Gasteiger partial charge < -0.3 is 0 Å². The van der Waals surface area contributed by atoms with E-state index in [1.807, 2.05) is 0 Å². The summed E-state index contributed by atoms with van der Waals surface area (Å²) in [7, 11) is 0. The maximum Gasteiger partial charge on any atom is 0.0238 e. The van der Waals surface area contributed by atoms with E-state index >= 15 is 0 Å². The van der Waals surface area contributed by atoms with Gasteiger partial charge in [0.05, 0.1) is 0 Å². The molecule has 98 valence electrons. The minimum Gasteiger partial charge on any atom is -0.271 e. The molecular weight excluding hydrogens is 196 g/mol. The van der Waals surface area contributed by atoms with Gasteiger partial charge in [-0.15, -0.1) is 0 Å². The maximum atomic E-state index is 5.70. The van der Waals surface area contributed by atoms with E-state index in [0.29, 0.717) is 6.04 Å². The van der Waals surface area contributed by atoms with Gasteiger partial charge in [-0.3, -0.25) is 11.3 Å². The van der Waals surface area contributed by atoms with Crippen LogP contribution in [0.3, 0.4) is 0 Å². The van der Waals surface area contributed by atoms with Gasteiger partial charge in [0.2, 0.25) is 0 Å². The van der Waals surface area contributed by atoms with Crippen LogP contribution >= 0.6 is 0 Å². The molecule has 0 spiro atoms. The highest BCUT2D eigenvalue weighted by Gasteiger charge is 2.18. The molecule has 3 N–H and O–H groups in total. The first kappa shape index (κ1) is 15.9. The third-order valence-electron chi connectivity index (χ3n) is 3.40. The van der Waals surface area contributed by atoms with Crippen LogP contribution in [0.15, 0.2) is 0 Å². The first-order valence-electron chi connectivity index (χ1n) is 7.11. The van der Waals surface area contributed by atoms with Gasteiger partial charge in [-0.05, 0) is 31.1 Å². The monoisotopic (exact) mass is 228 g/mol. The van der Waals surface area contributed by atoms with E-state index in [0.717, 1.165) is 11.8 Å². The number of hydrogen-bond donors (Lipinski definition) is 2. The fourth-order valence-corrected chi connectivity index (χ4v) is 2.49. The van der Waals surface area contributed by atoms with Crippen molar-refractivity contribution in [2.75, 3.05) is 0 Å². The Morgan fingerprint density at radius 1 is 0.938 bits per heavy atom. The van der Waals surface area contributed by atoms with Gasteiger partial charge in [-0.25, -0.2) is 0 Å². The second kappa shape index (κ2) is 10.1. The summed E-state index contributed by atoms with van der Waals surface area (Å²) in [5.74, 6) is 7.29. The number of rotatable bonds is 10. The minimum atomic E-state index is 0.527. The smallest absolute Gasteiger partial charge is 0.0238 e. The Morgan fingerprint density at radius 2 is 1.50 bits per heavy atom. The van der Waals surface area contributed by atoms with E-state index in [1.54, 1.807) is 0 Å². The van der Waals surface area contributed by atoms with E-state index in [2.05, 4.69) is 33.1 Å². The lowest BCUT2D eigenvalue weighted by atomic mass is 9.87. The lowest BCUT2D eigenvalue weighted by Crippen LogP contribution is -2.41. The van der Waals surface area contributed by atoms with Gasteiger partial charge in [0, 0.05) is 6.04 Å². The molecule has 0 fully saturated rings. The summed E-state index contributed by atoms with van der Waals surface area (Å²) in [4.78, 5) is 0. The summed E-state index contributed by atoms with van der Waals surface area (Å²) in [6.45, 7) is 9.12. The fourth-order valence-electron chi connectivity index (χ4n) is 2.49. The zero-order valence-corrected chi connectivity index (χ0v) is 11.8. The van der Waals surface area contributed by atoms with E-state index in [1.165, 1.54) is 44.9 Å². The van der Waals surface area contributed by atoms with E-state index in [4.69, 9.17) is 5.84 Å². The molecule has 0 aliphatic rings. The van der Waals surface area contributed by atoms with E-state index in [-0.39, 0.29) is 0 Å². The lowest BCUT2D eigenvalue weighted by Gasteiger charge is -2.26. The summed E-state index contributed by atoms with van der Waals surface area (Å²) in [6.07, 6.45) is 9.02. The van der Waals surface area contributed by atoms with Crippen LogP contribution in [-0.2, 0) is 0 Å². The molecule has 0 saturated carbocycles. The maximum absolute atomic E-state index is 5.70. The van der Waals surface area contributed by atoms with Crippen LogP contribution in [0.2, 0.25) is 0 Å². The average Bonchev–Trinajstić information content (AvgIpc) is 2.24. The molecule has 0 aromatic heterocycles. The normalized spacial score (nSPS) is 13.7. The number of hydrazine groups is 1. The third kappa shape index (κ3) is 7.24. The van der Waals surface area contributed by atoms with Gasteiger partial charge in [-0.2, -0.15) is 0 Å². The Kier molecular flexibility index (Phi) is 10.0. The second-order valence-corrected chi connectivity index (χ2v) is 5.44. The first-order chi connectivity index (χ1) is 7.65. The van der Waals surface area contributed by atoms with Gasteiger partial charge >= 0.3 is 0 Å². The van der Waals surface area contributed by atoms with Crippen molar-refractivity contribution in [1.82, 2.24) is 5.43 Å². The van der Waals surface area contributed by atoms with Crippen LogP contribution in [0.25, 0.3) is 0 Å². The Balaban J connectivity index is 3.98. The average molecular weight is 228 g/mol. The molecule has 0 heterocycles. The molecule has 2 heteroatoms. The van der Waals surface area contributed by atoms with Crippen molar-refractivity contribution < 1.29 is 0 Å². The summed E-state index contributed by atoms with van der Waals surface area (Å²) < 4.78 is 0. The third-order valence-corrected chi connectivity index (χ3v) is 3.40. The van der Waals surface area contributed by atoms with Crippen LogP contribution in [0.1, 0.15) is 72.6 Å². The van der Waals surface area contributed by atoms with E-state index in [9.17, 15) is 0 Å². The van der Waals surface area contributed by atoms with Gasteiger partial charge in [0.15, 0.2) is 0 Å². The number of nitrogens with two attached hydrogens (primary N) is 1. The highest BCUT2D eigenvalue weighted by Crippen LogP contribution is 2.22. The predicted octanol–water partition coefficient (Wildman–Crippen LogP) is 3.86. The molecule has 0 amide bonds. The Labute approximate surface area is 102 Å². The molecular formula is C14H32N2. The number of nitrogens with one attached hydrogen (secondary N) is 1. The molecule has 0 saturated heterocycles. The fraction of sp³-hybridized carbons (Fsp3) is 1.00. The molecule has 1 atom stereocenters. The predicted molar refractivity (Wildman–Crippen MR) is 73.1 cm³/mol. The Morgan fingerprint density at radius 3 is 1.88 bits per heavy atom. The quantitative estimate of drug-likeness (QED) is 0.440. The SMILES string of the molecule is CCCC(CCC)C(CCCC(C)C)NN.